The van der Waals surface area contributed by atoms with Gasteiger partial charge in [-0.3, -0.25) is 9.69 Å². The van der Waals surface area contributed by atoms with Gasteiger partial charge in [-0.1, -0.05) is 24.3 Å². The molecule has 0 aromatic heterocycles. The predicted molar refractivity (Wildman–Crippen MR) is 103 cm³/mol. The Balaban J connectivity index is 0.00000144. The summed E-state index contributed by atoms with van der Waals surface area (Å²) in [7, 11) is 0. The monoisotopic (exact) mass is 373 g/mol. The molecule has 0 spiro atoms. The Morgan fingerprint density at radius 3 is 2.46 bits per heavy atom. The number of rotatable bonds is 3. The third-order valence-corrected chi connectivity index (χ3v) is 5.21. The fraction of sp³-hybridized carbons (Fsp3) is 0.611. The summed E-state index contributed by atoms with van der Waals surface area (Å²) in [6, 6.07) is 9.12. The quantitative estimate of drug-likeness (QED) is 0.855. The molecule has 2 aliphatic rings. The molecule has 0 bridgehead atoms. The Morgan fingerprint density at radius 2 is 1.79 bits per heavy atom. The van der Waals surface area contributed by atoms with Gasteiger partial charge in [0, 0.05) is 25.2 Å². The standard InChI is InChI=1S/C18H27N3O.2ClH/c1-13(18(22)20-17-8-6-16(19)7-9-17)21-11-10-14-4-2-3-5-15(14)12-21;;/h2-5,13,16-17H,6-12,19H2,1H3,(H,20,22);2*1H. The Morgan fingerprint density at radius 1 is 1.17 bits per heavy atom. The van der Waals surface area contributed by atoms with Crippen LogP contribution >= 0.6 is 24.8 Å². The van der Waals surface area contributed by atoms with E-state index in [9.17, 15) is 4.79 Å². The van der Waals surface area contributed by atoms with Crippen LogP contribution in [-0.4, -0.2) is 35.5 Å². The lowest BCUT2D eigenvalue weighted by Crippen LogP contribution is -2.50. The van der Waals surface area contributed by atoms with Crippen LogP contribution in [0.1, 0.15) is 43.7 Å². The number of carbonyl (C=O) groups is 1. The van der Waals surface area contributed by atoms with E-state index in [0.717, 1.165) is 45.2 Å². The van der Waals surface area contributed by atoms with Gasteiger partial charge in [0.15, 0.2) is 0 Å². The fourth-order valence-corrected chi connectivity index (χ4v) is 3.60. The van der Waals surface area contributed by atoms with Crippen molar-refractivity contribution in [2.45, 2.75) is 63.7 Å². The van der Waals surface area contributed by atoms with E-state index in [1.807, 2.05) is 6.92 Å². The van der Waals surface area contributed by atoms with Crippen LogP contribution in [0, 0.1) is 0 Å². The van der Waals surface area contributed by atoms with Crippen LogP contribution in [0.15, 0.2) is 24.3 Å². The van der Waals surface area contributed by atoms with E-state index in [-0.39, 0.29) is 36.8 Å². The number of nitrogens with zero attached hydrogens (tertiary/aromatic N) is 1. The molecule has 1 unspecified atom stereocenters. The zero-order valence-corrected chi connectivity index (χ0v) is 15.9. The highest BCUT2D eigenvalue weighted by Crippen LogP contribution is 2.21. The van der Waals surface area contributed by atoms with Gasteiger partial charge in [-0.2, -0.15) is 0 Å². The molecule has 0 saturated heterocycles. The molecule has 1 aliphatic heterocycles. The lowest BCUT2D eigenvalue weighted by atomic mass is 9.91. The van der Waals surface area contributed by atoms with Crippen LogP contribution in [0.25, 0.3) is 0 Å². The minimum absolute atomic E-state index is 0. The van der Waals surface area contributed by atoms with Crippen LogP contribution in [0.4, 0.5) is 0 Å². The molecule has 1 saturated carbocycles. The first-order valence-corrected chi connectivity index (χ1v) is 8.50. The van der Waals surface area contributed by atoms with Crippen molar-refractivity contribution in [1.82, 2.24) is 10.2 Å². The summed E-state index contributed by atoms with van der Waals surface area (Å²) in [5, 5.41) is 3.22. The van der Waals surface area contributed by atoms with Gasteiger partial charge in [0.25, 0.3) is 0 Å². The smallest absolute Gasteiger partial charge is 0.237 e. The zero-order chi connectivity index (χ0) is 15.5. The van der Waals surface area contributed by atoms with Crippen LogP contribution in [0.2, 0.25) is 0 Å². The van der Waals surface area contributed by atoms with Crippen molar-refractivity contribution >= 4 is 30.7 Å². The maximum absolute atomic E-state index is 12.5. The molecule has 1 amide bonds. The first kappa shape index (κ1) is 21.2. The average Bonchev–Trinajstić information content (AvgIpc) is 2.55. The second kappa shape index (κ2) is 9.62. The van der Waals surface area contributed by atoms with Crippen molar-refractivity contribution in [1.29, 1.82) is 0 Å². The van der Waals surface area contributed by atoms with Crippen LogP contribution < -0.4 is 11.1 Å². The van der Waals surface area contributed by atoms with Crippen molar-refractivity contribution in [3.05, 3.63) is 35.4 Å². The highest BCUT2D eigenvalue weighted by Gasteiger charge is 2.27. The maximum Gasteiger partial charge on any atom is 0.237 e. The van der Waals surface area contributed by atoms with Crippen LogP contribution in [-0.2, 0) is 17.8 Å². The number of nitrogens with one attached hydrogen (secondary N) is 1. The minimum atomic E-state index is -0.0658. The highest BCUT2D eigenvalue weighted by atomic mass is 35.5. The zero-order valence-electron chi connectivity index (χ0n) is 14.2. The highest BCUT2D eigenvalue weighted by molar-refractivity contribution is 5.85. The van der Waals surface area contributed by atoms with Gasteiger partial charge < -0.3 is 11.1 Å². The number of amides is 1. The van der Waals surface area contributed by atoms with Crippen molar-refractivity contribution in [2.24, 2.45) is 5.73 Å². The van der Waals surface area contributed by atoms with Gasteiger partial charge >= 0.3 is 0 Å². The summed E-state index contributed by atoms with van der Waals surface area (Å²) in [5.41, 5.74) is 8.71. The first-order chi connectivity index (χ1) is 10.6. The fourth-order valence-electron chi connectivity index (χ4n) is 3.60. The lowest BCUT2D eigenvalue weighted by Gasteiger charge is -2.34. The molecule has 1 heterocycles. The third kappa shape index (κ3) is 5.09. The van der Waals surface area contributed by atoms with E-state index in [1.165, 1.54) is 11.1 Å². The van der Waals surface area contributed by atoms with Gasteiger partial charge in [-0.25, -0.2) is 0 Å². The molecule has 1 aliphatic carbocycles. The Labute approximate surface area is 157 Å². The van der Waals surface area contributed by atoms with Gasteiger partial charge in [0.2, 0.25) is 5.91 Å². The number of halogens is 2. The summed E-state index contributed by atoms with van der Waals surface area (Å²) in [6.07, 6.45) is 5.11. The maximum atomic E-state index is 12.5. The molecular weight excluding hydrogens is 345 g/mol. The number of hydrogen-bond acceptors (Lipinski definition) is 3. The number of fused-ring (bicyclic) bond motifs is 1. The summed E-state index contributed by atoms with van der Waals surface area (Å²) in [5.74, 6) is 0.167. The summed E-state index contributed by atoms with van der Waals surface area (Å²) in [4.78, 5) is 14.8. The van der Waals surface area contributed by atoms with E-state index < -0.39 is 0 Å². The van der Waals surface area contributed by atoms with Gasteiger partial charge in [-0.15, -0.1) is 24.8 Å². The van der Waals surface area contributed by atoms with Crippen molar-refractivity contribution < 1.29 is 4.79 Å². The van der Waals surface area contributed by atoms with E-state index in [2.05, 4.69) is 34.5 Å². The Hall–Kier alpha value is -0.810. The number of hydrogen-bond donors (Lipinski definition) is 2. The van der Waals surface area contributed by atoms with Crippen molar-refractivity contribution in [2.75, 3.05) is 6.54 Å². The number of carbonyl (C=O) groups excluding carboxylic acids is 1. The molecule has 3 N–H and O–H groups in total. The molecule has 1 atom stereocenters. The molecule has 136 valence electrons. The second-order valence-electron chi connectivity index (χ2n) is 6.79. The van der Waals surface area contributed by atoms with Crippen LogP contribution in [0.3, 0.4) is 0 Å². The summed E-state index contributed by atoms with van der Waals surface area (Å²) in [6.45, 7) is 3.86. The van der Waals surface area contributed by atoms with Gasteiger partial charge in [0.1, 0.15) is 0 Å². The molecule has 3 rings (SSSR count). The molecule has 1 aromatic carbocycles. The third-order valence-electron chi connectivity index (χ3n) is 5.21. The van der Waals surface area contributed by atoms with Gasteiger partial charge in [0.05, 0.1) is 6.04 Å². The van der Waals surface area contributed by atoms with E-state index in [1.54, 1.807) is 0 Å². The average molecular weight is 374 g/mol. The van der Waals surface area contributed by atoms with Crippen molar-refractivity contribution in [3.63, 3.8) is 0 Å². The second-order valence-corrected chi connectivity index (χ2v) is 6.79. The Kier molecular flexibility index (Phi) is 8.51. The predicted octanol–water partition coefficient (Wildman–Crippen LogP) is 2.66. The Bertz CT molecular complexity index is 533. The van der Waals surface area contributed by atoms with E-state index in [0.29, 0.717) is 12.1 Å². The molecular formula is C18H29Cl2N3O. The SMILES string of the molecule is CC(C(=O)NC1CCC(N)CC1)N1CCc2ccccc2C1.Cl.Cl. The lowest BCUT2D eigenvalue weighted by molar-refractivity contribution is -0.127. The topological polar surface area (TPSA) is 58.4 Å². The first-order valence-electron chi connectivity index (χ1n) is 8.50. The summed E-state index contributed by atoms with van der Waals surface area (Å²) >= 11 is 0. The molecule has 0 radical (unpaired) electrons. The minimum Gasteiger partial charge on any atom is -0.352 e. The molecule has 4 nitrogen and oxygen atoms in total. The van der Waals surface area contributed by atoms with Crippen molar-refractivity contribution in [3.8, 4) is 0 Å². The molecule has 6 heteroatoms. The molecule has 1 aromatic rings. The summed E-state index contributed by atoms with van der Waals surface area (Å²) < 4.78 is 0. The van der Waals surface area contributed by atoms with E-state index in [4.69, 9.17) is 5.73 Å². The number of benzene rings is 1. The molecule has 24 heavy (non-hydrogen) atoms. The van der Waals surface area contributed by atoms with Gasteiger partial charge in [-0.05, 0) is 50.2 Å². The molecule has 1 fully saturated rings. The number of nitrogens with two attached hydrogens (primary N) is 1. The largest absolute Gasteiger partial charge is 0.352 e. The normalized spacial score (nSPS) is 24.8. The van der Waals surface area contributed by atoms with Crippen LogP contribution in [0.5, 0.6) is 0 Å². The van der Waals surface area contributed by atoms with E-state index >= 15 is 0 Å².